The highest BCUT2D eigenvalue weighted by Crippen LogP contribution is 2.27. The first-order valence-electron chi connectivity index (χ1n) is 6.15. The Labute approximate surface area is 122 Å². The van der Waals surface area contributed by atoms with Crippen LogP contribution in [-0.2, 0) is 6.61 Å². The number of hydrogen-bond donors (Lipinski definition) is 0. The highest BCUT2D eigenvalue weighted by molar-refractivity contribution is 6.31. The van der Waals surface area contributed by atoms with Gasteiger partial charge in [0.25, 0.3) is 0 Å². The van der Waals surface area contributed by atoms with Gasteiger partial charge in [-0.05, 0) is 49.2 Å². The van der Waals surface area contributed by atoms with Gasteiger partial charge in [-0.3, -0.25) is 4.79 Å². The molecule has 0 N–H and O–H groups in total. The second-order valence-corrected chi connectivity index (χ2v) is 5.00. The van der Waals surface area contributed by atoms with Crippen molar-refractivity contribution in [2.75, 3.05) is 0 Å². The molecular weight excluding hydrogens is 279 g/mol. The van der Waals surface area contributed by atoms with Crippen LogP contribution in [0, 0.1) is 19.7 Å². The molecule has 0 aliphatic rings. The van der Waals surface area contributed by atoms with Crippen LogP contribution < -0.4 is 4.74 Å². The summed E-state index contributed by atoms with van der Waals surface area (Å²) >= 11 is 5.96. The molecule has 0 aromatic heterocycles. The lowest BCUT2D eigenvalue weighted by atomic mass is 10.1. The van der Waals surface area contributed by atoms with Crippen molar-refractivity contribution in [3.63, 3.8) is 0 Å². The number of hydrogen-bond acceptors (Lipinski definition) is 2. The Kier molecular flexibility index (Phi) is 4.40. The normalized spacial score (nSPS) is 10.4. The van der Waals surface area contributed by atoms with Gasteiger partial charge in [-0.15, -0.1) is 0 Å². The molecule has 104 valence electrons. The highest BCUT2D eigenvalue weighted by atomic mass is 35.5. The van der Waals surface area contributed by atoms with Crippen LogP contribution in [0.1, 0.15) is 27.0 Å². The molecule has 20 heavy (non-hydrogen) atoms. The summed E-state index contributed by atoms with van der Waals surface area (Å²) < 4.78 is 19.3. The molecule has 0 saturated heterocycles. The summed E-state index contributed by atoms with van der Waals surface area (Å²) in [4.78, 5) is 10.8. The summed E-state index contributed by atoms with van der Waals surface area (Å²) in [5.41, 5.74) is 2.59. The van der Waals surface area contributed by atoms with Crippen LogP contribution in [0.4, 0.5) is 4.39 Å². The molecule has 0 saturated carbocycles. The lowest BCUT2D eigenvalue weighted by Crippen LogP contribution is -2.02. The van der Waals surface area contributed by atoms with E-state index in [1.54, 1.807) is 24.3 Å². The second kappa shape index (κ2) is 6.06. The van der Waals surface area contributed by atoms with Gasteiger partial charge in [-0.2, -0.15) is 0 Å². The average molecular weight is 293 g/mol. The van der Waals surface area contributed by atoms with Crippen LogP contribution in [0.3, 0.4) is 0 Å². The van der Waals surface area contributed by atoms with E-state index in [0.717, 1.165) is 17.4 Å². The van der Waals surface area contributed by atoms with Gasteiger partial charge in [-0.1, -0.05) is 17.7 Å². The van der Waals surface area contributed by atoms with Gasteiger partial charge in [-0.25, -0.2) is 4.39 Å². The Bertz CT molecular complexity index is 610. The third-order valence-corrected chi connectivity index (χ3v) is 3.40. The molecule has 0 bridgehead atoms. The van der Waals surface area contributed by atoms with Crippen molar-refractivity contribution < 1.29 is 13.9 Å². The van der Waals surface area contributed by atoms with Crippen LogP contribution in [0.2, 0.25) is 5.02 Å². The number of aryl methyl sites for hydroxylation is 2. The molecule has 2 rings (SSSR count). The fourth-order valence-corrected chi connectivity index (χ4v) is 2.31. The monoisotopic (exact) mass is 292 g/mol. The van der Waals surface area contributed by atoms with Gasteiger partial charge in [0.15, 0.2) is 0 Å². The zero-order valence-corrected chi connectivity index (χ0v) is 12.0. The topological polar surface area (TPSA) is 26.3 Å². The first-order chi connectivity index (χ1) is 9.52. The molecule has 4 heteroatoms. The van der Waals surface area contributed by atoms with Gasteiger partial charge in [0, 0.05) is 11.1 Å². The van der Waals surface area contributed by atoms with Crippen molar-refractivity contribution in [2.45, 2.75) is 20.5 Å². The van der Waals surface area contributed by atoms with Crippen molar-refractivity contribution in [2.24, 2.45) is 0 Å². The minimum atomic E-state index is -0.391. The predicted molar refractivity (Wildman–Crippen MR) is 77.0 cm³/mol. The van der Waals surface area contributed by atoms with Crippen LogP contribution in [0.25, 0.3) is 0 Å². The summed E-state index contributed by atoms with van der Waals surface area (Å²) in [6.45, 7) is 3.74. The molecule has 0 amide bonds. The van der Waals surface area contributed by atoms with Crippen LogP contribution in [0.5, 0.6) is 5.75 Å². The number of halogens is 2. The summed E-state index contributed by atoms with van der Waals surface area (Å²) in [6.07, 6.45) is 0.789. The van der Waals surface area contributed by atoms with E-state index in [9.17, 15) is 9.18 Å². The largest absolute Gasteiger partial charge is 0.488 e. The smallest absolute Gasteiger partial charge is 0.150 e. The van der Waals surface area contributed by atoms with E-state index in [4.69, 9.17) is 16.3 Å². The summed E-state index contributed by atoms with van der Waals surface area (Å²) in [7, 11) is 0. The third-order valence-electron chi connectivity index (χ3n) is 3.04. The van der Waals surface area contributed by atoms with E-state index in [-0.39, 0.29) is 6.61 Å². The summed E-state index contributed by atoms with van der Waals surface area (Å²) in [6, 6.07) is 7.99. The maximum absolute atomic E-state index is 13.7. The third kappa shape index (κ3) is 2.99. The van der Waals surface area contributed by atoms with E-state index >= 15 is 0 Å². The van der Waals surface area contributed by atoms with Crippen LogP contribution in [0.15, 0.2) is 30.3 Å². The number of aldehydes is 1. The Morgan fingerprint density at radius 3 is 2.45 bits per heavy atom. The quantitative estimate of drug-likeness (QED) is 0.776. The molecule has 0 aliphatic heterocycles. The van der Waals surface area contributed by atoms with Gasteiger partial charge >= 0.3 is 0 Å². The summed E-state index contributed by atoms with van der Waals surface area (Å²) in [5.74, 6) is 0.257. The highest BCUT2D eigenvalue weighted by Gasteiger charge is 2.11. The Balaban J connectivity index is 2.26. The predicted octanol–water partition coefficient (Wildman–Crippen LogP) is 4.49. The van der Waals surface area contributed by atoms with Gasteiger partial charge < -0.3 is 4.74 Å². The fourth-order valence-electron chi connectivity index (χ4n) is 2.09. The number of rotatable bonds is 4. The zero-order chi connectivity index (χ0) is 14.7. The zero-order valence-electron chi connectivity index (χ0n) is 11.2. The lowest BCUT2D eigenvalue weighted by molar-refractivity contribution is 0.112. The van der Waals surface area contributed by atoms with Crippen molar-refractivity contribution in [1.82, 2.24) is 0 Å². The van der Waals surface area contributed by atoms with Gasteiger partial charge in [0.1, 0.15) is 24.5 Å². The van der Waals surface area contributed by atoms with Crippen molar-refractivity contribution in [3.05, 3.63) is 63.4 Å². The Morgan fingerprint density at radius 2 is 1.90 bits per heavy atom. The Hall–Kier alpha value is -1.87. The molecule has 0 fully saturated rings. The maximum atomic E-state index is 13.7. The number of carbonyl (C=O) groups excluding carboxylic acids is 1. The standard InChI is InChI=1S/C16H14ClFO2/c1-10-6-12(8-19)7-11(2)16(10)20-9-13-14(17)4-3-5-15(13)18/h3-8H,9H2,1-2H3. The van der Waals surface area contributed by atoms with Gasteiger partial charge in [0.2, 0.25) is 0 Å². The van der Waals surface area contributed by atoms with Crippen LogP contribution in [-0.4, -0.2) is 6.29 Å². The molecule has 0 spiro atoms. The molecule has 0 unspecified atom stereocenters. The number of benzene rings is 2. The van der Waals surface area contributed by atoms with Crippen molar-refractivity contribution in [3.8, 4) is 5.75 Å². The first kappa shape index (κ1) is 14.5. The molecule has 2 nitrogen and oxygen atoms in total. The van der Waals surface area contributed by atoms with Gasteiger partial charge in [0.05, 0.1) is 5.02 Å². The molecule has 0 atom stereocenters. The van der Waals surface area contributed by atoms with E-state index < -0.39 is 5.82 Å². The average Bonchev–Trinajstić information content (AvgIpc) is 2.40. The van der Waals surface area contributed by atoms with Crippen molar-refractivity contribution >= 4 is 17.9 Å². The van der Waals surface area contributed by atoms with E-state index in [1.807, 2.05) is 13.8 Å². The lowest BCUT2D eigenvalue weighted by Gasteiger charge is -2.14. The molecule has 2 aromatic rings. The number of carbonyl (C=O) groups is 1. The molecule has 2 aromatic carbocycles. The minimum absolute atomic E-state index is 0.0492. The van der Waals surface area contributed by atoms with E-state index in [0.29, 0.717) is 21.9 Å². The second-order valence-electron chi connectivity index (χ2n) is 4.59. The van der Waals surface area contributed by atoms with Crippen LogP contribution >= 0.6 is 11.6 Å². The minimum Gasteiger partial charge on any atom is -0.488 e. The number of ether oxygens (including phenoxy) is 1. The van der Waals surface area contributed by atoms with Crippen molar-refractivity contribution in [1.29, 1.82) is 0 Å². The molecule has 0 heterocycles. The summed E-state index contributed by atoms with van der Waals surface area (Å²) in [5, 5.41) is 0.338. The molecular formula is C16H14ClFO2. The van der Waals surface area contributed by atoms with E-state index in [2.05, 4.69) is 0 Å². The first-order valence-corrected chi connectivity index (χ1v) is 6.53. The Morgan fingerprint density at radius 1 is 1.25 bits per heavy atom. The van der Waals surface area contributed by atoms with E-state index in [1.165, 1.54) is 6.07 Å². The molecule has 0 aliphatic carbocycles. The fraction of sp³-hybridized carbons (Fsp3) is 0.188. The SMILES string of the molecule is Cc1cc(C=O)cc(C)c1OCc1c(F)cccc1Cl. The molecule has 0 radical (unpaired) electrons. The maximum Gasteiger partial charge on any atom is 0.150 e.